The Morgan fingerprint density at radius 3 is 2.67 bits per heavy atom. The first-order valence-electron chi connectivity index (χ1n) is 10.4. The molecule has 0 N–H and O–H groups in total. The van der Waals surface area contributed by atoms with Gasteiger partial charge in [0, 0.05) is 44.4 Å². The van der Waals surface area contributed by atoms with Crippen molar-refractivity contribution in [3.8, 4) is 5.75 Å². The van der Waals surface area contributed by atoms with Gasteiger partial charge in [-0.25, -0.2) is 0 Å². The second kappa shape index (κ2) is 9.98. The number of fused-ring (bicyclic) bond motifs is 1. The summed E-state index contributed by atoms with van der Waals surface area (Å²) < 4.78 is 7.68. The minimum absolute atomic E-state index is 0.00122. The Balaban J connectivity index is 1.77. The minimum atomic E-state index is -0.109. The molecule has 0 spiro atoms. The van der Waals surface area contributed by atoms with E-state index in [-0.39, 0.29) is 11.8 Å². The number of amides is 2. The number of halogens is 1. The summed E-state index contributed by atoms with van der Waals surface area (Å²) in [5.74, 6) is 0.411. The van der Waals surface area contributed by atoms with Crippen LogP contribution < -0.4 is 4.74 Å². The Kier molecular flexibility index (Phi) is 7.37. The predicted molar refractivity (Wildman–Crippen MR) is 116 cm³/mol. The molecular weight excluding hydrogens is 404 g/mol. The van der Waals surface area contributed by atoms with Crippen molar-refractivity contribution < 1.29 is 14.3 Å². The maximum absolute atomic E-state index is 13.1. The Morgan fingerprint density at radius 2 is 1.93 bits per heavy atom. The number of aromatic nitrogens is 2. The van der Waals surface area contributed by atoms with Crippen LogP contribution in [0.15, 0.2) is 24.4 Å². The molecule has 0 fully saturated rings. The molecule has 0 unspecified atom stereocenters. The Hall–Kier alpha value is -2.54. The van der Waals surface area contributed by atoms with Gasteiger partial charge < -0.3 is 14.5 Å². The van der Waals surface area contributed by atoms with Crippen LogP contribution in [0.3, 0.4) is 0 Å². The first-order chi connectivity index (χ1) is 14.4. The number of hydrogen-bond acceptors (Lipinski definition) is 4. The molecule has 7 nitrogen and oxygen atoms in total. The average molecular weight is 433 g/mol. The van der Waals surface area contributed by atoms with Crippen LogP contribution in [0.1, 0.15) is 52.6 Å². The molecule has 0 saturated heterocycles. The van der Waals surface area contributed by atoms with E-state index in [1.807, 2.05) is 24.9 Å². The second-order valence-corrected chi connectivity index (χ2v) is 7.99. The van der Waals surface area contributed by atoms with E-state index < -0.39 is 0 Å². The summed E-state index contributed by atoms with van der Waals surface area (Å²) in [5, 5.41) is 4.90. The van der Waals surface area contributed by atoms with Gasteiger partial charge in [0.15, 0.2) is 0 Å². The summed E-state index contributed by atoms with van der Waals surface area (Å²) >= 11 is 6.10. The van der Waals surface area contributed by atoms with Crippen LogP contribution in [0.2, 0.25) is 5.02 Å². The molecule has 30 heavy (non-hydrogen) atoms. The zero-order chi connectivity index (χ0) is 21.7. The predicted octanol–water partition coefficient (Wildman–Crippen LogP) is 3.64. The van der Waals surface area contributed by atoms with Crippen molar-refractivity contribution in [3.05, 3.63) is 46.2 Å². The van der Waals surface area contributed by atoms with Crippen molar-refractivity contribution >= 4 is 23.4 Å². The number of nitrogens with zero attached hydrogens (tertiary/aromatic N) is 4. The molecule has 1 aliphatic rings. The molecule has 2 amide bonds. The molecule has 0 aliphatic carbocycles. The van der Waals surface area contributed by atoms with E-state index in [0.717, 1.165) is 25.1 Å². The van der Waals surface area contributed by atoms with Crippen molar-refractivity contribution in [1.82, 2.24) is 19.6 Å². The average Bonchev–Trinajstić information content (AvgIpc) is 3.12. The SMILES string of the molecule is CCn1cc(C(=O)N2CCCCN(C)C(=O)c3cc(Cl)ccc3OCCC2)c(C)n1. The van der Waals surface area contributed by atoms with Crippen molar-refractivity contribution in [2.45, 2.75) is 39.7 Å². The van der Waals surface area contributed by atoms with Crippen LogP contribution in [0, 0.1) is 6.92 Å². The molecule has 0 atom stereocenters. The first kappa shape index (κ1) is 22.2. The number of rotatable bonds is 2. The fraction of sp³-hybridized carbons (Fsp3) is 0.500. The highest BCUT2D eigenvalue weighted by Crippen LogP contribution is 2.25. The molecule has 2 aromatic rings. The van der Waals surface area contributed by atoms with Gasteiger partial charge in [-0.2, -0.15) is 5.10 Å². The van der Waals surface area contributed by atoms with E-state index in [1.165, 1.54) is 0 Å². The van der Waals surface area contributed by atoms with Gasteiger partial charge >= 0.3 is 0 Å². The van der Waals surface area contributed by atoms with Crippen LogP contribution in [0.5, 0.6) is 5.75 Å². The lowest BCUT2D eigenvalue weighted by Gasteiger charge is -2.23. The maximum Gasteiger partial charge on any atom is 0.257 e. The maximum atomic E-state index is 13.1. The van der Waals surface area contributed by atoms with Crippen LogP contribution >= 0.6 is 11.6 Å². The quantitative estimate of drug-likeness (QED) is 0.726. The monoisotopic (exact) mass is 432 g/mol. The third kappa shape index (κ3) is 5.14. The van der Waals surface area contributed by atoms with E-state index in [1.54, 1.807) is 34.8 Å². The van der Waals surface area contributed by atoms with Crippen LogP contribution in [-0.4, -0.2) is 64.7 Å². The molecule has 0 saturated carbocycles. The van der Waals surface area contributed by atoms with Crippen molar-refractivity contribution in [3.63, 3.8) is 0 Å². The lowest BCUT2D eigenvalue weighted by atomic mass is 10.1. The Bertz CT molecular complexity index is 912. The highest BCUT2D eigenvalue weighted by Gasteiger charge is 2.22. The molecule has 1 aromatic heterocycles. The summed E-state index contributed by atoms with van der Waals surface area (Å²) in [6.45, 7) is 6.82. The summed E-state index contributed by atoms with van der Waals surface area (Å²) in [6, 6.07) is 5.10. The number of carbonyl (C=O) groups excluding carboxylic acids is 2. The lowest BCUT2D eigenvalue weighted by molar-refractivity contribution is 0.0735. The number of benzene rings is 1. The van der Waals surface area contributed by atoms with Crippen molar-refractivity contribution in [2.24, 2.45) is 0 Å². The standard InChI is InChI=1S/C22H29ClN4O3/c1-4-27-15-19(16(2)24-27)22(29)26-11-6-5-10-25(3)21(28)18-14-17(23)8-9-20(18)30-13-7-12-26/h8-9,14-15H,4-7,10-13H2,1-3H3. The van der Waals surface area contributed by atoms with Gasteiger partial charge in [0.2, 0.25) is 0 Å². The first-order valence-corrected chi connectivity index (χ1v) is 10.8. The van der Waals surface area contributed by atoms with Gasteiger partial charge in [0.1, 0.15) is 5.75 Å². The summed E-state index contributed by atoms with van der Waals surface area (Å²) in [6.07, 6.45) is 4.10. The van der Waals surface area contributed by atoms with Crippen molar-refractivity contribution in [2.75, 3.05) is 33.3 Å². The fourth-order valence-electron chi connectivity index (χ4n) is 3.57. The highest BCUT2D eigenvalue weighted by molar-refractivity contribution is 6.31. The van der Waals surface area contributed by atoms with E-state index >= 15 is 0 Å². The van der Waals surface area contributed by atoms with Crippen LogP contribution in [0.25, 0.3) is 0 Å². The smallest absolute Gasteiger partial charge is 0.257 e. The molecule has 0 bridgehead atoms. The number of ether oxygens (including phenoxy) is 1. The second-order valence-electron chi connectivity index (χ2n) is 7.55. The van der Waals surface area contributed by atoms with Crippen LogP contribution in [0.4, 0.5) is 0 Å². The molecule has 1 aliphatic heterocycles. The van der Waals surface area contributed by atoms with Gasteiger partial charge in [0.25, 0.3) is 11.8 Å². The van der Waals surface area contributed by atoms with E-state index in [9.17, 15) is 9.59 Å². The number of hydrogen-bond donors (Lipinski definition) is 0. The van der Waals surface area contributed by atoms with Gasteiger partial charge in [-0.15, -0.1) is 0 Å². The normalized spacial score (nSPS) is 16.2. The third-order valence-corrected chi connectivity index (χ3v) is 5.54. The van der Waals surface area contributed by atoms with Gasteiger partial charge in [-0.1, -0.05) is 11.6 Å². The van der Waals surface area contributed by atoms with Gasteiger partial charge in [0.05, 0.1) is 23.4 Å². The summed E-state index contributed by atoms with van der Waals surface area (Å²) in [5.41, 5.74) is 1.87. The van der Waals surface area contributed by atoms with E-state index in [4.69, 9.17) is 16.3 Å². The highest BCUT2D eigenvalue weighted by atomic mass is 35.5. The van der Waals surface area contributed by atoms with Crippen LogP contribution in [-0.2, 0) is 6.54 Å². The van der Waals surface area contributed by atoms with Crippen molar-refractivity contribution in [1.29, 1.82) is 0 Å². The number of aryl methyl sites for hydroxylation is 2. The van der Waals surface area contributed by atoms with Gasteiger partial charge in [-0.3, -0.25) is 14.3 Å². The lowest BCUT2D eigenvalue weighted by Crippen LogP contribution is -2.34. The van der Waals surface area contributed by atoms with Gasteiger partial charge in [-0.05, 0) is 51.3 Å². The molecule has 3 rings (SSSR count). The fourth-order valence-corrected chi connectivity index (χ4v) is 3.74. The summed E-state index contributed by atoms with van der Waals surface area (Å²) in [4.78, 5) is 29.5. The number of carbonyl (C=O) groups is 2. The molecular formula is C22H29ClN4O3. The van der Waals surface area contributed by atoms with E-state index in [2.05, 4.69) is 5.10 Å². The third-order valence-electron chi connectivity index (χ3n) is 5.31. The zero-order valence-corrected chi connectivity index (χ0v) is 18.6. The summed E-state index contributed by atoms with van der Waals surface area (Å²) in [7, 11) is 1.78. The zero-order valence-electron chi connectivity index (χ0n) is 17.9. The molecule has 2 heterocycles. The molecule has 162 valence electrons. The van der Waals surface area contributed by atoms with E-state index in [0.29, 0.717) is 54.6 Å². The topological polar surface area (TPSA) is 67.7 Å². The minimum Gasteiger partial charge on any atom is -0.493 e. The Labute approximate surface area is 182 Å². The molecule has 0 radical (unpaired) electrons. The molecule has 8 heteroatoms. The largest absolute Gasteiger partial charge is 0.493 e. The Morgan fingerprint density at radius 1 is 1.20 bits per heavy atom. The molecule has 1 aromatic carbocycles.